The summed E-state index contributed by atoms with van der Waals surface area (Å²) in [6.07, 6.45) is 0. The minimum Gasteiger partial charge on any atom is -0.460 e. The maximum atomic E-state index is 13.5. The van der Waals surface area contributed by atoms with Crippen LogP contribution >= 0.6 is 15.9 Å². The van der Waals surface area contributed by atoms with Gasteiger partial charge in [0.25, 0.3) is 5.78 Å². The van der Waals surface area contributed by atoms with Crippen LogP contribution in [0, 0.1) is 19.7 Å². The fraction of sp³-hybridized carbons (Fsp3) is 0.333. The van der Waals surface area contributed by atoms with Gasteiger partial charge in [-0.3, -0.25) is 4.79 Å². The molecule has 0 bridgehead atoms. The van der Waals surface area contributed by atoms with E-state index in [4.69, 9.17) is 0 Å². The zero-order valence-corrected chi connectivity index (χ0v) is 11.4. The van der Waals surface area contributed by atoms with E-state index < -0.39 is 17.6 Å². The molecule has 0 N–H and O–H groups in total. The second-order valence-electron chi connectivity index (χ2n) is 3.54. The zero-order chi connectivity index (χ0) is 13.2. The number of hydrogen-bond donors (Lipinski definition) is 0. The second-order valence-corrected chi connectivity index (χ2v) is 4.33. The predicted molar refractivity (Wildman–Crippen MR) is 64.5 cm³/mol. The summed E-state index contributed by atoms with van der Waals surface area (Å²) in [6.45, 7) is 5.04. The summed E-state index contributed by atoms with van der Waals surface area (Å²) in [6, 6.07) is 1.31. The number of carbonyl (C=O) groups excluding carboxylic acids is 2. The number of rotatable bonds is 3. The number of halogens is 2. The number of benzene rings is 1. The van der Waals surface area contributed by atoms with Crippen molar-refractivity contribution >= 4 is 27.7 Å². The molecule has 0 heterocycles. The predicted octanol–water partition coefficient (Wildman–Crippen LogP) is 2.95. The number of hydrogen-bond acceptors (Lipinski definition) is 3. The molecule has 0 aliphatic heterocycles. The third-order valence-electron chi connectivity index (χ3n) is 2.43. The molecule has 0 unspecified atom stereocenters. The van der Waals surface area contributed by atoms with Gasteiger partial charge in [0.05, 0.1) is 11.1 Å². The van der Waals surface area contributed by atoms with Crippen LogP contribution < -0.4 is 0 Å². The summed E-state index contributed by atoms with van der Waals surface area (Å²) in [5.74, 6) is -2.37. The molecule has 1 rings (SSSR count). The van der Waals surface area contributed by atoms with Crippen molar-refractivity contribution in [2.45, 2.75) is 20.8 Å². The molecule has 17 heavy (non-hydrogen) atoms. The Morgan fingerprint density at radius 3 is 2.53 bits per heavy atom. The maximum Gasteiger partial charge on any atom is 0.379 e. The van der Waals surface area contributed by atoms with Gasteiger partial charge < -0.3 is 4.74 Å². The van der Waals surface area contributed by atoms with Gasteiger partial charge in [-0.25, -0.2) is 9.18 Å². The van der Waals surface area contributed by atoms with E-state index in [1.165, 1.54) is 6.07 Å². The molecule has 0 aliphatic carbocycles. The van der Waals surface area contributed by atoms with Crippen molar-refractivity contribution in [3.8, 4) is 0 Å². The second kappa shape index (κ2) is 5.40. The standard InChI is InChI=1S/C12H12BrFO3/c1-4-17-12(16)11(15)9-7(3)6(2)5-8(14)10(9)13/h5H,4H2,1-3H3. The molecule has 3 nitrogen and oxygen atoms in total. The van der Waals surface area contributed by atoms with Crippen molar-refractivity contribution in [2.24, 2.45) is 0 Å². The molecule has 0 radical (unpaired) electrons. The summed E-state index contributed by atoms with van der Waals surface area (Å²) in [4.78, 5) is 23.2. The first-order valence-electron chi connectivity index (χ1n) is 5.06. The fourth-order valence-electron chi connectivity index (χ4n) is 1.41. The normalized spacial score (nSPS) is 10.2. The SMILES string of the molecule is CCOC(=O)C(=O)c1c(C)c(C)cc(F)c1Br. The molecule has 1 aromatic carbocycles. The highest BCUT2D eigenvalue weighted by atomic mass is 79.9. The molecule has 0 atom stereocenters. The van der Waals surface area contributed by atoms with Crippen LogP contribution in [0.2, 0.25) is 0 Å². The molecular formula is C12H12BrFO3. The Bertz CT molecular complexity index is 457. The van der Waals surface area contributed by atoms with Crippen LogP contribution in [0.5, 0.6) is 0 Å². The summed E-state index contributed by atoms with van der Waals surface area (Å²) < 4.78 is 18.1. The van der Waals surface area contributed by atoms with Crippen molar-refractivity contribution < 1.29 is 18.7 Å². The van der Waals surface area contributed by atoms with Gasteiger partial charge in [-0.05, 0) is 53.9 Å². The van der Waals surface area contributed by atoms with Crippen molar-refractivity contribution in [3.05, 3.63) is 33.0 Å². The van der Waals surface area contributed by atoms with Gasteiger partial charge in [0, 0.05) is 5.56 Å². The lowest BCUT2D eigenvalue weighted by Gasteiger charge is -2.10. The van der Waals surface area contributed by atoms with Gasteiger partial charge in [-0.15, -0.1) is 0 Å². The van der Waals surface area contributed by atoms with E-state index in [0.717, 1.165) is 0 Å². The smallest absolute Gasteiger partial charge is 0.379 e. The average molecular weight is 303 g/mol. The van der Waals surface area contributed by atoms with E-state index in [0.29, 0.717) is 11.1 Å². The van der Waals surface area contributed by atoms with Crippen LogP contribution in [0.25, 0.3) is 0 Å². The summed E-state index contributed by atoms with van der Waals surface area (Å²) in [7, 11) is 0. The van der Waals surface area contributed by atoms with E-state index in [1.807, 2.05) is 0 Å². The van der Waals surface area contributed by atoms with Crippen LogP contribution in [0.4, 0.5) is 4.39 Å². The zero-order valence-electron chi connectivity index (χ0n) is 9.77. The topological polar surface area (TPSA) is 43.4 Å². The molecule has 0 aromatic heterocycles. The van der Waals surface area contributed by atoms with Gasteiger partial charge in [-0.1, -0.05) is 0 Å². The number of esters is 1. The van der Waals surface area contributed by atoms with Crippen LogP contribution in [-0.2, 0) is 9.53 Å². The largest absolute Gasteiger partial charge is 0.460 e. The molecule has 1 aromatic rings. The lowest BCUT2D eigenvalue weighted by atomic mass is 10.00. The van der Waals surface area contributed by atoms with Gasteiger partial charge in [-0.2, -0.15) is 0 Å². The van der Waals surface area contributed by atoms with Gasteiger partial charge in [0.1, 0.15) is 5.82 Å². The Hall–Kier alpha value is -1.23. The van der Waals surface area contributed by atoms with E-state index >= 15 is 0 Å². The van der Waals surface area contributed by atoms with Crippen molar-refractivity contribution in [2.75, 3.05) is 6.61 Å². The van der Waals surface area contributed by atoms with Crippen molar-refractivity contribution in [1.29, 1.82) is 0 Å². The third-order valence-corrected chi connectivity index (χ3v) is 3.20. The van der Waals surface area contributed by atoms with Gasteiger partial charge >= 0.3 is 5.97 Å². The maximum absolute atomic E-state index is 13.5. The third kappa shape index (κ3) is 2.72. The first kappa shape index (κ1) is 13.8. The van der Waals surface area contributed by atoms with Crippen LogP contribution in [0.15, 0.2) is 10.5 Å². The van der Waals surface area contributed by atoms with E-state index in [2.05, 4.69) is 20.7 Å². The van der Waals surface area contributed by atoms with Gasteiger partial charge in [0.15, 0.2) is 0 Å². The first-order chi connectivity index (χ1) is 7.90. The molecule has 0 saturated carbocycles. The molecule has 0 fully saturated rings. The molecule has 0 spiro atoms. The minimum absolute atomic E-state index is 0.00125. The minimum atomic E-state index is -0.971. The molecular weight excluding hydrogens is 291 g/mol. The highest BCUT2D eigenvalue weighted by Gasteiger charge is 2.25. The Morgan fingerprint density at radius 1 is 1.41 bits per heavy atom. The molecule has 92 valence electrons. The van der Waals surface area contributed by atoms with Crippen LogP contribution in [-0.4, -0.2) is 18.4 Å². The monoisotopic (exact) mass is 302 g/mol. The van der Waals surface area contributed by atoms with E-state index in [9.17, 15) is 14.0 Å². The number of ether oxygens (including phenoxy) is 1. The first-order valence-corrected chi connectivity index (χ1v) is 5.86. The van der Waals surface area contributed by atoms with Crippen LogP contribution in [0.1, 0.15) is 28.4 Å². The Morgan fingerprint density at radius 2 is 2.00 bits per heavy atom. The molecule has 0 saturated heterocycles. The number of carbonyl (C=O) groups is 2. The quantitative estimate of drug-likeness (QED) is 0.490. The van der Waals surface area contributed by atoms with Crippen molar-refractivity contribution in [1.82, 2.24) is 0 Å². The van der Waals surface area contributed by atoms with Crippen LogP contribution in [0.3, 0.4) is 0 Å². The summed E-state index contributed by atoms with van der Waals surface area (Å²) >= 11 is 2.98. The Labute approximate surface area is 107 Å². The van der Waals surface area contributed by atoms with E-state index in [-0.39, 0.29) is 16.6 Å². The average Bonchev–Trinajstić information content (AvgIpc) is 2.27. The lowest BCUT2D eigenvalue weighted by Crippen LogP contribution is -2.20. The highest BCUT2D eigenvalue weighted by molar-refractivity contribution is 9.10. The molecule has 0 amide bonds. The van der Waals surface area contributed by atoms with Gasteiger partial charge in [0.2, 0.25) is 0 Å². The Kier molecular flexibility index (Phi) is 4.40. The fourth-order valence-corrected chi connectivity index (χ4v) is 2.00. The van der Waals surface area contributed by atoms with E-state index in [1.54, 1.807) is 20.8 Å². The highest BCUT2D eigenvalue weighted by Crippen LogP contribution is 2.27. The molecule has 0 aliphatic rings. The number of aryl methyl sites for hydroxylation is 1. The number of Topliss-reactive ketones (excluding diaryl/α,β-unsaturated/α-hetero) is 1. The lowest BCUT2D eigenvalue weighted by molar-refractivity contribution is -0.137. The molecule has 5 heteroatoms. The Balaban J connectivity index is 3.31. The van der Waals surface area contributed by atoms with Crippen molar-refractivity contribution in [3.63, 3.8) is 0 Å². The number of ketones is 1. The summed E-state index contributed by atoms with van der Waals surface area (Å²) in [5, 5.41) is 0. The summed E-state index contributed by atoms with van der Waals surface area (Å²) in [5.41, 5.74) is 1.20.